The molecule has 4 aromatic rings. The summed E-state index contributed by atoms with van der Waals surface area (Å²) in [5.74, 6) is 0.667. The molecule has 6 heterocycles. The maximum atomic E-state index is 15.2. The van der Waals surface area contributed by atoms with Gasteiger partial charge in [-0.1, -0.05) is 12.2 Å². The van der Waals surface area contributed by atoms with Gasteiger partial charge in [-0.3, -0.25) is 9.13 Å². The van der Waals surface area contributed by atoms with Gasteiger partial charge in [0.2, 0.25) is 0 Å². The van der Waals surface area contributed by atoms with Crippen LogP contribution in [0.5, 0.6) is 0 Å². The smallest absolute Gasteiger partial charge is 0.394 e. The van der Waals surface area contributed by atoms with E-state index >= 15 is 8.78 Å². The van der Waals surface area contributed by atoms with Crippen molar-refractivity contribution in [2.75, 3.05) is 36.9 Å². The summed E-state index contributed by atoms with van der Waals surface area (Å²) < 4.78 is 75.7. The number of hydrogen-bond acceptors (Lipinski definition) is 16. The molecule has 4 aromatic heterocycles. The Bertz CT molecular complexity index is 1690. The second-order valence-corrected chi connectivity index (χ2v) is 11.7. The molecule has 10 atom stereocenters. The Kier molecular flexibility index (Phi) is 10.5. The number of hydrogen-bond donors (Lipinski definition) is 6. The van der Waals surface area contributed by atoms with Crippen LogP contribution in [0.2, 0.25) is 0 Å². The lowest BCUT2D eigenvalue weighted by atomic mass is 10.1. The zero-order valence-corrected chi connectivity index (χ0v) is 26.2. The predicted octanol–water partition coefficient (Wildman–Crippen LogP) is 0.572. The third-order valence-corrected chi connectivity index (χ3v) is 8.37. The fourth-order valence-corrected chi connectivity index (χ4v) is 6.32. The number of alkyl halides is 2. The van der Waals surface area contributed by atoms with Crippen LogP contribution < -0.4 is 10.6 Å². The van der Waals surface area contributed by atoms with Crippen LogP contribution in [0.4, 0.5) is 20.4 Å². The first kappa shape index (κ1) is 34.1. The zero-order valence-electron chi connectivity index (χ0n) is 24.4. The highest BCUT2D eigenvalue weighted by Crippen LogP contribution is 2.40. The van der Waals surface area contributed by atoms with Crippen LogP contribution in [-0.4, -0.2) is 122 Å². The van der Waals surface area contributed by atoms with E-state index in [1.807, 2.05) is 0 Å². The van der Waals surface area contributed by atoms with Crippen molar-refractivity contribution in [1.82, 2.24) is 39.0 Å². The fourth-order valence-electron chi connectivity index (χ4n) is 5.40. The molecule has 2 saturated heterocycles. The Hall–Kier alpha value is -3.82. The SMILES string of the molecule is O=[P+](O)O[C@H]1[C@@H](F)[C@H](n2cnc3c(NC/C=C/CNc4ncnc5c4ncn5C4OC(CO)[C@@H](O[P+](=O)O)[C@H]4F)ncnc32)O[C@@H]1CO. The average Bonchev–Trinajstić information content (AvgIpc) is 3.83. The van der Waals surface area contributed by atoms with E-state index in [1.165, 1.54) is 34.4 Å². The van der Waals surface area contributed by atoms with Crippen molar-refractivity contribution >= 4 is 50.5 Å². The molecule has 0 amide bonds. The van der Waals surface area contributed by atoms with Crippen LogP contribution >= 0.6 is 16.5 Å². The summed E-state index contributed by atoms with van der Waals surface area (Å²) in [4.78, 5) is 43.4. The summed E-state index contributed by atoms with van der Waals surface area (Å²) in [6, 6.07) is 0. The van der Waals surface area contributed by atoms with Crippen molar-refractivity contribution < 1.29 is 56.4 Å². The third kappa shape index (κ3) is 6.72. The molecule has 0 spiro atoms. The van der Waals surface area contributed by atoms with Gasteiger partial charge >= 0.3 is 16.5 Å². The largest absolute Gasteiger partial charge is 0.695 e. The second-order valence-electron chi connectivity index (χ2n) is 10.3. The van der Waals surface area contributed by atoms with E-state index in [0.29, 0.717) is 22.7 Å². The topological polar surface area (TPSA) is 263 Å². The molecule has 20 nitrogen and oxygen atoms in total. The number of nitrogens with zero attached hydrogens (tertiary/aromatic N) is 8. The van der Waals surface area contributed by atoms with Gasteiger partial charge in [-0.25, -0.2) is 38.7 Å². The fraction of sp³-hybridized carbons (Fsp3) is 0.500. The van der Waals surface area contributed by atoms with Crippen LogP contribution in [0.15, 0.2) is 37.5 Å². The van der Waals surface area contributed by atoms with Gasteiger partial charge in [-0.15, -0.1) is 18.8 Å². The molecule has 6 N–H and O–H groups in total. The molecule has 4 unspecified atom stereocenters. The molecule has 0 radical (unpaired) electrons. The first-order valence-electron chi connectivity index (χ1n) is 14.2. The summed E-state index contributed by atoms with van der Waals surface area (Å²) in [7, 11) is -6.27. The summed E-state index contributed by atoms with van der Waals surface area (Å²) in [5.41, 5.74) is 1.02. The quantitative estimate of drug-likeness (QED) is 0.0769. The summed E-state index contributed by atoms with van der Waals surface area (Å²) in [5, 5.41) is 25.2. The molecule has 0 saturated carbocycles. The van der Waals surface area contributed by atoms with Gasteiger partial charge < -0.3 is 30.3 Å². The predicted molar refractivity (Wildman–Crippen MR) is 158 cm³/mol. The molecular formula is C24H28F2N10O10P2+2. The molecule has 256 valence electrons. The van der Waals surface area contributed by atoms with Crippen LogP contribution in [0.25, 0.3) is 22.3 Å². The Morgan fingerprint density at radius 1 is 0.750 bits per heavy atom. The maximum absolute atomic E-state index is 15.2. The van der Waals surface area contributed by atoms with Gasteiger partial charge in [0, 0.05) is 22.2 Å². The van der Waals surface area contributed by atoms with Crippen molar-refractivity contribution in [3.8, 4) is 0 Å². The standard InChI is InChI=1S/C24H26F2N10O10P2/c25-13-17(45-47(39)40)11(5-37)43-23(13)35-9-33-15-19(29-7-31-21(15)35)27-3-1-2-4-28-20-16-22(32-8-30-20)36(10-34-16)24-14(26)18(46-48(41)42)12(6-38)44-24/h1-2,7-14,17-18,23-24,37-38H,3-6H2,(H2-2,27,28,29,30,31,32,39,40,41,42)/p+2/b2-1+/t11-,12?,13-,14-,17-,18-,23-,24?/m1/s1. The zero-order chi connectivity index (χ0) is 33.9. The number of fused-ring (bicyclic) bond motifs is 2. The molecule has 2 aliphatic rings. The van der Waals surface area contributed by atoms with Crippen LogP contribution in [-0.2, 0) is 27.7 Å². The minimum Gasteiger partial charge on any atom is -0.394 e. The van der Waals surface area contributed by atoms with Crippen molar-refractivity contribution in [3.63, 3.8) is 0 Å². The van der Waals surface area contributed by atoms with Gasteiger partial charge in [-0.2, -0.15) is 0 Å². The minimum atomic E-state index is -3.13. The van der Waals surface area contributed by atoms with Crippen LogP contribution in [0, 0.1) is 0 Å². The Morgan fingerprint density at radius 3 is 1.54 bits per heavy atom. The lowest BCUT2D eigenvalue weighted by molar-refractivity contribution is -0.0436. The van der Waals surface area contributed by atoms with Gasteiger partial charge in [0.25, 0.3) is 0 Å². The molecule has 6 rings (SSSR count). The number of nitrogens with one attached hydrogen (secondary N) is 2. The summed E-state index contributed by atoms with van der Waals surface area (Å²) in [6.45, 7) is -0.699. The van der Waals surface area contributed by atoms with E-state index < -0.39 is 78.9 Å². The van der Waals surface area contributed by atoms with Crippen molar-refractivity contribution in [3.05, 3.63) is 37.5 Å². The number of aromatic nitrogens is 8. The van der Waals surface area contributed by atoms with E-state index in [4.69, 9.17) is 28.3 Å². The first-order chi connectivity index (χ1) is 23.2. The summed E-state index contributed by atoms with van der Waals surface area (Å²) >= 11 is 0. The normalized spacial score (nSPS) is 28.1. The van der Waals surface area contributed by atoms with E-state index in [9.17, 15) is 19.3 Å². The van der Waals surface area contributed by atoms with Crippen molar-refractivity contribution in [1.29, 1.82) is 0 Å². The number of imidazole rings is 2. The number of rotatable bonds is 14. The van der Waals surface area contributed by atoms with Gasteiger partial charge in [0.1, 0.15) is 24.9 Å². The lowest BCUT2D eigenvalue weighted by Gasteiger charge is -2.15. The van der Waals surface area contributed by atoms with Crippen LogP contribution in [0.1, 0.15) is 12.5 Å². The Morgan fingerprint density at radius 2 is 1.17 bits per heavy atom. The number of halogens is 2. The monoisotopic (exact) mass is 716 g/mol. The third-order valence-electron chi connectivity index (χ3n) is 7.52. The highest BCUT2D eigenvalue weighted by Gasteiger charge is 2.52. The summed E-state index contributed by atoms with van der Waals surface area (Å²) in [6.07, 6.45) is -3.18. The van der Waals surface area contributed by atoms with Gasteiger partial charge in [0.15, 0.2) is 71.0 Å². The number of aliphatic hydroxyl groups excluding tert-OH is 2. The lowest BCUT2D eigenvalue weighted by Crippen LogP contribution is -2.32. The van der Waals surface area contributed by atoms with E-state index in [2.05, 4.69) is 40.5 Å². The second kappa shape index (κ2) is 14.7. The molecule has 24 heteroatoms. The number of aliphatic hydroxyl groups is 2. The Balaban J connectivity index is 1.07. The molecular weight excluding hydrogens is 688 g/mol. The molecule has 0 aromatic carbocycles. The molecule has 0 bridgehead atoms. The highest BCUT2D eigenvalue weighted by molar-refractivity contribution is 7.32. The van der Waals surface area contributed by atoms with Crippen molar-refractivity contribution in [2.45, 2.75) is 49.2 Å². The number of ether oxygens (including phenoxy) is 2. The molecule has 48 heavy (non-hydrogen) atoms. The van der Waals surface area contributed by atoms with E-state index in [-0.39, 0.29) is 24.4 Å². The van der Waals surface area contributed by atoms with Gasteiger partial charge in [-0.05, 0) is 0 Å². The number of anilines is 2. The minimum absolute atomic E-state index is 0.213. The maximum Gasteiger partial charge on any atom is 0.695 e. The average molecular weight is 716 g/mol. The first-order valence-corrected chi connectivity index (χ1v) is 16.4. The van der Waals surface area contributed by atoms with Gasteiger partial charge in [0.05, 0.1) is 25.9 Å². The van der Waals surface area contributed by atoms with Crippen molar-refractivity contribution in [2.24, 2.45) is 0 Å². The molecule has 2 aliphatic heterocycles. The Labute approximate surface area is 269 Å². The molecule has 0 aliphatic carbocycles. The van der Waals surface area contributed by atoms with E-state index in [0.717, 1.165) is 0 Å². The van der Waals surface area contributed by atoms with E-state index in [1.54, 1.807) is 12.2 Å². The van der Waals surface area contributed by atoms with Crippen LogP contribution in [0.3, 0.4) is 0 Å². The molecule has 2 fully saturated rings. The highest BCUT2D eigenvalue weighted by atomic mass is 31.1.